The Balaban J connectivity index is 1.93. The summed E-state index contributed by atoms with van der Waals surface area (Å²) in [4.78, 5) is 21.6. The summed E-state index contributed by atoms with van der Waals surface area (Å²) in [5.74, 6) is 0.560. The number of aryl methyl sites for hydroxylation is 1. The Kier molecular flexibility index (Phi) is 4.80. The van der Waals surface area contributed by atoms with Crippen LogP contribution in [0.4, 0.5) is 11.8 Å². The van der Waals surface area contributed by atoms with Gasteiger partial charge in [0.2, 0.25) is 5.95 Å². The van der Waals surface area contributed by atoms with Gasteiger partial charge in [-0.2, -0.15) is 4.98 Å². The molecule has 0 bridgehead atoms. The molecule has 0 aliphatic carbocycles. The first-order valence-corrected chi connectivity index (χ1v) is 9.31. The average molecular weight is 381 g/mol. The van der Waals surface area contributed by atoms with Crippen LogP contribution in [-0.4, -0.2) is 22.4 Å². The molecule has 0 unspecified atom stereocenters. The Morgan fingerprint density at radius 2 is 1.90 bits per heavy atom. The second-order valence-electron chi connectivity index (χ2n) is 6.98. The number of nitrogens with one attached hydrogen (secondary N) is 1. The van der Waals surface area contributed by atoms with E-state index in [4.69, 9.17) is 13.6 Å². The lowest BCUT2D eigenvalue weighted by Gasteiger charge is -2.22. The van der Waals surface area contributed by atoms with E-state index >= 15 is 0 Å². The van der Waals surface area contributed by atoms with Crippen molar-refractivity contribution in [1.29, 1.82) is 0 Å². The van der Waals surface area contributed by atoms with Crippen molar-refractivity contribution in [2.45, 2.75) is 19.9 Å². The van der Waals surface area contributed by atoms with E-state index in [0.717, 1.165) is 22.3 Å². The number of benzene rings is 2. The summed E-state index contributed by atoms with van der Waals surface area (Å²) < 4.78 is 1.73. The number of rotatable bonds is 4. The Bertz CT molecular complexity index is 1250. The van der Waals surface area contributed by atoms with Crippen LogP contribution in [0.5, 0.6) is 0 Å². The quantitative estimate of drug-likeness (QED) is 0.531. The summed E-state index contributed by atoms with van der Waals surface area (Å²) in [6.07, 6.45) is 1.46. The van der Waals surface area contributed by atoms with Gasteiger partial charge < -0.3 is 11.1 Å². The van der Waals surface area contributed by atoms with Crippen molar-refractivity contribution in [2.75, 3.05) is 11.1 Å². The highest BCUT2D eigenvalue weighted by Gasteiger charge is 2.18. The third kappa shape index (κ3) is 3.47. The zero-order valence-electron chi connectivity index (χ0n) is 16.3. The first kappa shape index (κ1) is 18.7. The van der Waals surface area contributed by atoms with Gasteiger partial charge in [0.05, 0.1) is 11.4 Å². The standard InChI is InChI=1S/C22H20BN5O/c1-13-7-6-8-15-11-18(14(2)26-20-17(23)12-25-22(24)27-20)28(21(29)19(13)15)16-9-4-3-5-10-16/h3-12,14H,1-2H3,(H3,24,25,26,27)/t14-/m0/s1. The molecule has 1 atom stereocenters. The summed E-state index contributed by atoms with van der Waals surface area (Å²) in [5, 5.41) is 4.86. The Morgan fingerprint density at radius 1 is 1.14 bits per heavy atom. The molecule has 0 aliphatic rings. The molecule has 2 aromatic carbocycles. The summed E-state index contributed by atoms with van der Waals surface area (Å²) in [6, 6.07) is 17.2. The van der Waals surface area contributed by atoms with Crippen LogP contribution in [0.15, 0.2) is 65.6 Å². The van der Waals surface area contributed by atoms with Crippen molar-refractivity contribution in [2.24, 2.45) is 0 Å². The van der Waals surface area contributed by atoms with Crippen LogP contribution < -0.4 is 22.1 Å². The number of nitrogens with two attached hydrogens (primary N) is 1. The van der Waals surface area contributed by atoms with Crippen LogP contribution in [0.1, 0.15) is 24.2 Å². The van der Waals surface area contributed by atoms with Crippen molar-refractivity contribution in [3.05, 3.63) is 82.4 Å². The van der Waals surface area contributed by atoms with Gasteiger partial charge in [0.1, 0.15) is 13.7 Å². The zero-order chi connectivity index (χ0) is 20.5. The molecule has 0 amide bonds. The Morgan fingerprint density at radius 3 is 2.66 bits per heavy atom. The fraction of sp³-hybridized carbons (Fsp3) is 0.136. The van der Waals surface area contributed by atoms with Gasteiger partial charge in [0, 0.05) is 17.6 Å². The second-order valence-corrected chi connectivity index (χ2v) is 6.98. The molecule has 0 fully saturated rings. The van der Waals surface area contributed by atoms with Gasteiger partial charge in [-0.05, 0) is 48.5 Å². The minimum absolute atomic E-state index is 0.0642. The second kappa shape index (κ2) is 7.43. The minimum atomic E-state index is -0.274. The van der Waals surface area contributed by atoms with Crippen molar-refractivity contribution < 1.29 is 0 Å². The predicted molar refractivity (Wildman–Crippen MR) is 118 cm³/mol. The van der Waals surface area contributed by atoms with Crippen LogP contribution in [0.3, 0.4) is 0 Å². The van der Waals surface area contributed by atoms with E-state index in [9.17, 15) is 4.79 Å². The first-order chi connectivity index (χ1) is 14.0. The highest BCUT2D eigenvalue weighted by molar-refractivity contribution is 6.35. The van der Waals surface area contributed by atoms with Crippen LogP contribution >= 0.6 is 0 Å². The average Bonchev–Trinajstić information content (AvgIpc) is 2.71. The van der Waals surface area contributed by atoms with Crippen molar-refractivity contribution in [3.8, 4) is 5.69 Å². The largest absolute Gasteiger partial charge is 0.368 e. The zero-order valence-corrected chi connectivity index (χ0v) is 16.3. The molecular formula is C22H20BN5O. The minimum Gasteiger partial charge on any atom is -0.368 e. The summed E-state index contributed by atoms with van der Waals surface area (Å²) in [7, 11) is 5.99. The topological polar surface area (TPSA) is 85.8 Å². The number of anilines is 2. The van der Waals surface area contributed by atoms with E-state index in [2.05, 4.69) is 15.3 Å². The lowest BCUT2D eigenvalue weighted by molar-refractivity contribution is 0.774. The maximum atomic E-state index is 13.5. The maximum Gasteiger partial charge on any atom is 0.263 e. The number of para-hydroxylation sites is 1. The van der Waals surface area contributed by atoms with Gasteiger partial charge in [-0.3, -0.25) is 9.36 Å². The molecule has 2 heterocycles. The third-order valence-electron chi connectivity index (χ3n) is 4.93. The number of aromatic nitrogens is 3. The maximum absolute atomic E-state index is 13.5. The molecule has 4 aromatic rings. The number of hydrogen-bond donors (Lipinski definition) is 2. The predicted octanol–water partition coefficient (Wildman–Crippen LogP) is 2.64. The van der Waals surface area contributed by atoms with E-state index in [-0.39, 0.29) is 17.5 Å². The molecule has 3 N–H and O–H groups in total. The van der Waals surface area contributed by atoms with Gasteiger partial charge in [-0.25, -0.2) is 4.98 Å². The molecule has 0 saturated heterocycles. The molecule has 0 saturated carbocycles. The molecule has 0 spiro atoms. The lowest BCUT2D eigenvalue weighted by Crippen LogP contribution is -2.27. The number of fused-ring (bicyclic) bond motifs is 1. The van der Waals surface area contributed by atoms with E-state index in [1.165, 1.54) is 6.20 Å². The van der Waals surface area contributed by atoms with Gasteiger partial charge in [-0.15, -0.1) is 0 Å². The summed E-state index contributed by atoms with van der Waals surface area (Å²) >= 11 is 0. The van der Waals surface area contributed by atoms with Crippen molar-refractivity contribution >= 4 is 35.8 Å². The number of nitrogen functional groups attached to an aromatic ring is 1. The fourth-order valence-corrected chi connectivity index (χ4v) is 3.52. The van der Waals surface area contributed by atoms with Crippen LogP contribution in [0.25, 0.3) is 16.5 Å². The summed E-state index contributed by atoms with van der Waals surface area (Å²) in [5.41, 5.74) is 8.55. The molecular weight excluding hydrogens is 361 g/mol. The molecule has 4 rings (SSSR count). The molecule has 142 valence electrons. The molecule has 2 aromatic heterocycles. The van der Waals surface area contributed by atoms with Gasteiger partial charge in [-0.1, -0.05) is 36.4 Å². The molecule has 7 heteroatoms. The van der Waals surface area contributed by atoms with E-state index < -0.39 is 0 Å². The summed E-state index contributed by atoms with van der Waals surface area (Å²) in [6.45, 7) is 3.90. The normalized spacial score (nSPS) is 12.1. The van der Waals surface area contributed by atoms with Gasteiger partial charge in [0.15, 0.2) is 0 Å². The smallest absolute Gasteiger partial charge is 0.263 e. The van der Waals surface area contributed by atoms with Crippen LogP contribution in [0.2, 0.25) is 0 Å². The fourth-order valence-electron chi connectivity index (χ4n) is 3.52. The van der Waals surface area contributed by atoms with Gasteiger partial charge >= 0.3 is 0 Å². The first-order valence-electron chi connectivity index (χ1n) is 9.31. The van der Waals surface area contributed by atoms with E-state index in [1.54, 1.807) is 4.57 Å². The molecule has 6 nitrogen and oxygen atoms in total. The van der Waals surface area contributed by atoms with Crippen molar-refractivity contribution in [3.63, 3.8) is 0 Å². The highest BCUT2D eigenvalue weighted by Crippen LogP contribution is 2.24. The highest BCUT2D eigenvalue weighted by atomic mass is 16.1. The van der Waals surface area contributed by atoms with Crippen molar-refractivity contribution in [1.82, 2.24) is 14.5 Å². The molecule has 29 heavy (non-hydrogen) atoms. The Hall–Kier alpha value is -3.61. The molecule has 2 radical (unpaired) electrons. The molecule has 0 aliphatic heterocycles. The van der Waals surface area contributed by atoms with E-state index in [1.807, 2.05) is 68.4 Å². The number of hydrogen-bond acceptors (Lipinski definition) is 5. The van der Waals surface area contributed by atoms with Crippen LogP contribution in [0, 0.1) is 6.92 Å². The lowest BCUT2D eigenvalue weighted by atomic mass is 9.98. The van der Waals surface area contributed by atoms with Gasteiger partial charge in [0.25, 0.3) is 5.56 Å². The Labute approximate surface area is 169 Å². The SMILES string of the molecule is [B]c1cnc(N)nc1N[C@@H](C)c1cc2cccc(C)c2c(=O)n1-c1ccccc1. The third-order valence-corrected chi connectivity index (χ3v) is 4.93. The monoisotopic (exact) mass is 381 g/mol. The number of nitrogens with zero attached hydrogens (tertiary/aromatic N) is 3. The number of pyridine rings is 1. The van der Waals surface area contributed by atoms with Crippen LogP contribution in [-0.2, 0) is 0 Å². The van der Waals surface area contributed by atoms with E-state index in [0.29, 0.717) is 16.7 Å².